The van der Waals surface area contributed by atoms with Gasteiger partial charge < -0.3 is 9.51 Å². The average Bonchev–Trinajstić information content (AvgIpc) is 3.18. The number of imidazole rings is 1. The number of H-pyrrole nitrogens is 1. The second-order valence-electron chi connectivity index (χ2n) is 5.91. The van der Waals surface area contributed by atoms with Gasteiger partial charge in [-0.1, -0.05) is 23.4 Å². The first-order valence-electron chi connectivity index (χ1n) is 7.77. The fraction of sp³-hybridized carbons (Fsp3) is 0.167. The van der Waals surface area contributed by atoms with Gasteiger partial charge in [-0.15, -0.1) is 0 Å². The normalized spacial score (nSPS) is 11.5. The second-order valence-corrected chi connectivity index (χ2v) is 5.91. The van der Waals surface area contributed by atoms with E-state index in [9.17, 15) is 4.79 Å². The molecular formula is C18H16N4O2. The number of aromatic amines is 1. The van der Waals surface area contributed by atoms with Crippen LogP contribution in [0.4, 0.5) is 0 Å². The van der Waals surface area contributed by atoms with Gasteiger partial charge >= 0.3 is 5.69 Å². The summed E-state index contributed by atoms with van der Waals surface area (Å²) >= 11 is 0. The number of benzene rings is 2. The van der Waals surface area contributed by atoms with Crippen LogP contribution >= 0.6 is 0 Å². The van der Waals surface area contributed by atoms with Crippen LogP contribution in [0.15, 0.2) is 57.8 Å². The zero-order chi connectivity index (χ0) is 16.7. The Hall–Kier alpha value is -3.15. The van der Waals surface area contributed by atoms with Crippen LogP contribution in [-0.2, 0) is 0 Å². The lowest BCUT2D eigenvalue weighted by atomic mass is 10.2. The molecule has 0 bridgehead atoms. The molecule has 6 heteroatoms. The van der Waals surface area contributed by atoms with Crippen molar-refractivity contribution in [2.75, 3.05) is 0 Å². The first-order valence-corrected chi connectivity index (χ1v) is 7.77. The van der Waals surface area contributed by atoms with Crippen molar-refractivity contribution in [1.29, 1.82) is 0 Å². The van der Waals surface area contributed by atoms with Crippen LogP contribution in [-0.4, -0.2) is 19.7 Å². The number of nitrogens with one attached hydrogen (secondary N) is 1. The van der Waals surface area contributed by atoms with E-state index < -0.39 is 0 Å². The fourth-order valence-electron chi connectivity index (χ4n) is 2.82. The highest BCUT2D eigenvalue weighted by Gasteiger charge is 2.14. The molecule has 4 rings (SSSR count). The predicted molar refractivity (Wildman–Crippen MR) is 91.7 cm³/mol. The average molecular weight is 320 g/mol. The summed E-state index contributed by atoms with van der Waals surface area (Å²) in [5.41, 5.74) is 3.18. The maximum Gasteiger partial charge on any atom is 0.326 e. The van der Waals surface area contributed by atoms with E-state index in [1.54, 1.807) is 4.57 Å². The number of hydrogen-bond acceptors (Lipinski definition) is 4. The SMILES string of the molecule is CC(C)n1c(=O)[nH]c2cc(-c3noc(-c4ccccc4)n3)ccc21. The monoisotopic (exact) mass is 320 g/mol. The molecule has 0 saturated heterocycles. The van der Waals surface area contributed by atoms with Crippen molar-refractivity contribution >= 4 is 11.0 Å². The van der Waals surface area contributed by atoms with Gasteiger partial charge in [0.25, 0.3) is 5.89 Å². The van der Waals surface area contributed by atoms with Gasteiger partial charge in [-0.05, 0) is 44.2 Å². The molecule has 24 heavy (non-hydrogen) atoms. The molecule has 0 aliphatic rings. The van der Waals surface area contributed by atoms with Crippen molar-refractivity contribution in [2.24, 2.45) is 0 Å². The molecule has 0 fully saturated rings. The third kappa shape index (κ3) is 2.32. The Balaban J connectivity index is 1.78. The minimum Gasteiger partial charge on any atom is -0.334 e. The molecule has 4 aromatic rings. The molecule has 2 heterocycles. The maximum absolute atomic E-state index is 12.1. The Labute approximate surface area is 137 Å². The Morgan fingerprint density at radius 2 is 1.88 bits per heavy atom. The van der Waals surface area contributed by atoms with E-state index in [2.05, 4.69) is 15.1 Å². The van der Waals surface area contributed by atoms with E-state index in [1.807, 2.05) is 62.4 Å². The zero-order valence-electron chi connectivity index (χ0n) is 13.4. The highest BCUT2D eigenvalue weighted by atomic mass is 16.5. The summed E-state index contributed by atoms with van der Waals surface area (Å²) in [6.07, 6.45) is 0. The van der Waals surface area contributed by atoms with Gasteiger partial charge in [-0.3, -0.25) is 4.57 Å². The molecular weight excluding hydrogens is 304 g/mol. The van der Waals surface area contributed by atoms with Gasteiger partial charge in [-0.2, -0.15) is 4.98 Å². The molecule has 0 radical (unpaired) electrons. The largest absolute Gasteiger partial charge is 0.334 e. The van der Waals surface area contributed by atoms with E-state index in [4.69, 9.17) is 4.52 Å². The summed E-state index contributed by atoms with van der Waals surface area (Å²) in [5.74, 6) is 0.966. The summed E-state index contributed by atoms with van der Waals surface area (Å²) in [6.45, 7) is 3.96. The number of rotatable bonds is 3. The summed E-state index contributed by atoms with van der Waals surface area (Å²) in [7, 11) is 0. The first kappa shape index (κ1) is 14.4. The van der Waals surface area contributed by atoms with Gasteiger partial charge in [0.1, 0.15) is 0 Å². The van der Waals surface area contributed by atoms with E-state index in [0.29, 0.717) is 11.7 Å². The molecule has 0 aliphatic carbocycles. The quantitative estimate of drug-likeness (QED) is 0.625. The summed E-state index contributed by atoms with van der Waals surface area (Å²) in [6, 6.07) is 15.4. The molecule has 0 aliphatic heterocycles. The molecule has 6 nitrogen and oxygen atoms in total. The van der Waals surface area contributed by atoms with Crippen LogP contribution in [0.1, 0.15) is 19.9 Å². The van der Waals surface area contributed by atoms with E-state index in [-0.39, 0.29) is 11.7 Å². The number of hydrogen-bond donors (Lipinski definition) is 1. The van der Waals surface area contributed by atoms with E-state index in [1.165, 1.54) is 0 Å². The number of fused-ring (bicyclic) bond motifs is 1. The Bertz CT molecular complexity index is 1060. The molecule has 0 spiro atoms. The molecule has 0 saturated carbocycles. The van der Waals surface area contributed by atoms with Crippen molar-refractivity contribution in [3.8, 4) is 22.8 Å². The van der Waals surface area contributed by atoms with Crippen LogP contribution in [0.5, 0.6) is 0 Å². The summed E-state index contributed by atoms with van der Waals surface area (Å²) in [5, 5.41) is 4.05. The highest BCUT2D eigenvalue weighted by molar-refractivity contribution is 5.81. The second kappa shape index (κ2) is 5.49. The lowest BCUT2D eigenvalue weighted by Gasteiger charge is -2.06. The van der Waals surface area contributed by atoms with E-state index >= 15 is 0 Å². The summed E-state index contributed by atoms with van der Waals surface area (Å²) in [4.78, 5) is 19.4. The van der Waals surface area contributed by atoms with Gasteiger partial charge in [0.2, 0.25) is 5.82 Å². The number of aromatic nitrogens is 4. The maximum atomic E-state index is 12.1. The lowest BCUT2D eigenvalue weighted by molar-refractivity contribution is 0.432. The van der Waals surface area contributed by atoms with Crippen molar-refractivity contribution in [3.63, 3.8) is 0 Å². The molecule has 120 valence electrons. The molecule has 2 aromatic carbocycles. The van der Waals surface area contributed by atoms with Gasteiger partial charge in [-0.25, -0.2) is 4.79 Å². The zero-order valence-corrected chi connectivity index (χ0v) is 13.4. The van der Waals surface area contributed by atoms with Crippen LogP contribution < -0.4 is 5.69 Å². The van der Waals surface area contributed by atoms with Crippen molar-refractivity contribution in [3.05, 3.63) is 59.0 Å². The molecule has 0 atom stereocenters. The molecule has 0 amide bonds. The van der Waals surface area contributed by atoms with Gasteiger partial charge in [0.15, 0.2) is 0 Å². The first-order chi connectivity index (χ1) is 11.6. The van der Waals surface area contributed by atoms with Crippen molar-refractivity contribution in [2.45, 2.75) is 19.9 Å². The minimum atomic E-state index is -0.116. The predicted octanol–water partition coefficient (Wildman–Crippen LogP) is 3.63. The van der Waals surface area contributed by atoms with Crippen LogP contribution in [0, 0.1) is 0 Å². The third-order valence-corrected chi connectivity index (χ3v) is 3.94. The Morgan fingerprint density at radius 3 is 2.62 bits per heavy atom. The lowest BCUT2D eigenvalue weighted by Crippen LogP contribution is -2.18. The fourth-order valence-corrected chi connectivity index (χ4v) is 2.82. The van der Waals surface area contributed by atoms with Crippen LogP contribution in [0.25, 0.3) is 33.9 Å². The topological polar surface area (TPSA) is 76.7 Å². The summed E-state index contributed by atoms with van der Waals surface area (Å²) < 4.78 is 7.07. The Kier molecular flexibility index (Phi) is 3.30. The van der Waals surface area contributed by atoms with Crippen molar-refractivity contribution < 1.29 is 4.52 Å². The molecule has 0 unspecified atom stereocenters. The molecule has 2 aromatic heterocycles. The molecule has 1 N–H and O–H groups in total. The van der Waals surface area contributed by atoms with Crippen LogP contribution in [0.2, 0.25) is 0 Å². The number of nitrogens with zero attached hydrogens (tertiary/aromatic N) is 3. The third-order valence-electron chi connectivity index (χ3n) is 3.94. The smallest absolute Gasteiger partial charge is 0.326 e. The standard InChI is InChI=1S/C18H16N4O2/c1-11(2)22-15-9-8-13(10-14(15)19-18(22)23)16-20-17(24-21-16)12-6-4-3-5-7-12/h3-11H,1-2H3,(H,19,23). The van der Waals surface area contributed by atoms with Gasteiger partial charge in [0, 0.05) is 17.2 Å². The Morgan fingerprint density at radius 1 is 1.08 bits per heavy atom. The highest BCUT2D eigenvalue weighted by Crippen LogP contribution is 2.25. The van der Waals surface area contributed by atoms with Crippen LogP contribution in [0.3, 0.4) is 0 Å². The van der Waals surface area contributed by atoms with Crippen molar-refractivity contribution in [1.82, 2.24) is 19.7 Å². The van der Waals surface area contributed by atoms with E-state index in [0.717, 1.165) is 22.2 Å². The van der Waals surface area contributed by atoms with Gasteiger partial charge in [0.05, 0.1) is 11.0 Å². The minimum absolute atomic E-state index is 0.0898.